The number of nitrogens with zero attached hydrogens (tertiary/aromatic N) is 1. The van der Waals surface area contributed by atoms with Gasteiger partial charge in [-0.25, -0.2) is 0 Å². The van der Waals surface area contributed by atoms with Crippen molar-refractivity contribution in [2.75, 3.05) is 4.90 Å². The van der Waals surface area contributed by atoms with Gasteiger partial charge < -0.3 is 4.90 Å². The van der Waals surface area contributed by atoms with Crippen molar-refractivity contribution < 1.29 is 0 Å². The maximum absolute atomic E-state index is 2.28. The number of rotatable bonds is 3. The summed E-state index contributed by atoms with van der Waals surface area (Å²) >= 11 is 0. The molecule has 0 unspecified atom stereocenters. The number of hydrogen-bond acceptors (Lipinski definition) is 1. The summed E-state index contributed by atoms with van der Waals surface area (Å²) in [5, 5.41) is 0. The minimum absolute atomic E-state index is 0.983. The lowest BCUT2D eigenvalue weighted by atomic mass is 10.1. The molecule has 0 amide bonds. The van der Waals surface area contributed by atoms with Gasteiger partial charge in [0.05, 0.1) is 0 Å². The fraction of sp³-hybridized carbons (Fsp3) is 0.100. The summed E-state index contributed by atoms with van der Waals surface area (Å²) in [6.45, 7) is 2.12. The molecule has 3 rings (SSSR count). The largest absolute Gasteiger partial charge is 0.311 e. The molecule has 0 aromatic heterocycles. The molecular weight excluding hydrogens is 254 g/mol. The summed E-state index contributed by atoms with van der Waals surface area (Å²) in [4.78, 5) is 2.28. The van der Waals surface area contributed by atoms with Crippen molar-refractivity contribution in [2.24, 2.45) is 0 Å². The van der Waals surface area contributed by atoms with Crippen molar-refractivity contribution >= 4 is 11.4 Å². The van der Waals surface area contributed by atoms with Crippen molar-refractivity contribution in [2.45, 2.75) is 13.3 Å². The first kappa shape index (κ1) is 13.4. The Kier molecular flexibility index (Phi) is 4.02. The Morgan fingerprint density at radius 2 is 1.52 bits per heavy atom. The highest BCUT2D eigenvalue weighted by Gasteiger charge is 2.12. The molecule has 1 heteroatoms. The average Bonchev–Trinajstić information content (AvgIpc) is 2.80. The molecule has 0 bridgehead atoms. The molecule has 0 saturated carbocycles. The second-order valence-corrected chi connectivity index (χ2v) is 5.16. The van der Waals surface area contributed by atoms with Gasteiger partial charge in [0.2, 0.25) is 0 Å². The van der Waals surface area contributed by atoms with Crippen LogP contribution in [0.2, 0.25) is 0 Å². The molecule has 0 heterocycles. The number of anilines is 2. The first-order chi connectivity index (χ1) is 10.3. The monoisotopic (exact) mass is 273 g/mol. The molecule has 0 radical (unpaired) electrons. The van der Waals surface area contributed by atoms with Gasteiger partial charge in [-0.2, -0.15) is 0 Å². The third kappa shape index (κ3) is 3.14. The summed E-state index contributed by atoms with van der Waals surface area (Å²) in [6.07, 6.45) is 11.8. The predicted octanol–water partition coefficient (Wildman–Crippen LogP) is 5.53. The lowest BCUT2D eigenvalue weighted by Gasteiger charge is -2.26. The highest BCUT2D eigenvalue weighted by atomic mass is 15.1. The summed E-state index contributed by atoms with van der Waals surface area (Å²) < 4.78 is 0. The highest BCUT2D eigenvalue weighted by molar-refractivity contribution is 5.70. The third-order valence-electron chi connectivity index (χ3n) is 3.53. The second-order valence-electron chi connectivity index (χ2n) is 5.16. The molecule has 1 aliphatic carbocycles. The number of allylic oxidation sites excluding steroid dienone is 5. The summed E-state index contributed by atoms with van der Waals surface area (Å²) in [6, 6.07) is 19.1. The zero-order chi connectivity index (χ0) is 14.5. The Bertz CT molecular complexity index is 676. The maximum Gasteiger partial charge on any atom is 0.0461 e. The van der Waals surface area contributed by atoms with Gasteiger partial charge in [0.15, 0.2) is 0 Å². The van der Waals surface area contributed by atoms with Crippen LogP contribution in [0.3, 0.4) is 0 Å². The van der Waals surface area contributed by atoms with Gasteiger partial charge in [-0.1, -0.05) is 54.1 Å². The molecule has 0 atom stereocenters. The highest BCUT2D eigenvalue weighted by Crippen LogP contribution is 2.31. The third-order valence-corrected chi connectivity index (χ3v) is 3.53. The Hall–Kier alpha value is -2.54. The predicted molar refractivity (Wildman–Crippen MR) is 90.7 cm³/mol. The van der Waals surface area contributed by atoms with Crippen LogP contribution in [0.1, 0.15) is 12.0 Å². The molecule has 21 heavy (non-hydrogen) atoms. The Balaban J connectivity index is 2.09. The Labute approximate surface area is 126 Å². The van der Waals surface area contributed by atoms with Crippen molar-refractivity contribution in [3.63, 3.8) is 0 Å². The number of benzene rings is 2. The lowest BCUT2D eigenvalue weighted by Crippen LogP contribution is -2.14. The van der Waals surface area contributed by atoms with E-state index in [1.807, 2.05) is 6.07 Å². The minimum atomic E-state index is 0.983. The smallest absolute Gasteiger partial charge is 0.0461 e. The van der Waals surface area contributed by atoms with Crippen LogP contribution in [-0.4, -0.2) is 0 Å². The van der Waals surface area contributed by atoms with Crippen LogP contribution in [0.15, 0.2) is 90.7 Å². The van der Waals surface area contributed by atoms with E-state index in [-0.39, 0.29) is 0 Å². The van der Waals surface area contributed by atoms with Crippen molar-refractivity contribution in [3.8, 4) is 0 Å². The van der Waals surface area contributed by atoms with Gasteiger partial charge in [-0.3, -0.25) is 0 Å². The van der Waals surface area contributed by atoms with E-state index in [1.54, 1.807) is 0 Å². The molecule has 2 aromatic rings. The van der Waals surface area contributed by atoms with Crippen LogP contribution in [-0.2, 0) is 0 Å². The van der Waals surface area contributed by atoms with Crippen LogP contribution in [0, 0.1) is 6.92 Å². The summed E-state index contributed by atoms with van der Waals surface area (Å²) in [7, 11) is 0. The summed E-state index contributed by atoms with van der Waals surface area (Å²) in [5.74, 6) is 0. The van der Waals surface area contributed by atoms with E-state index >= 15 is 0 Å². The van der Waals surface area contributed by atoms with Crippen LogP contribution in [0.5, 0.6) is 0 Å². The zero-order valence-corrected chi connectivity index (χ0v) is 12.2. The van der Waals surface area contributed by atoms with E-state index in [1.165, 1.54) is 22.6 Å². The van der Waals surface area contributed by atoms with E-state index in [2.05, 4.69) is 90.7 Å². The lowest BCUT2D eigenvalue weighted by molar-refractivity contribution is 1.20. The molecule has 0 N–H and O–H groups in total. The van der Waals surface area contributed by atoms with Crippen molar-refractivity contribution in [1.29, 1.82) is 0 Å². The van der Waals surface area contributed by atoms with Crippen molar-refractivity contribution in [3.05, 3.63) is 96.2 Å². The summed E-state index contributed by atoms with van der Waals surface area (Å²) in [5.41, 5.74) is 4.81. The van der Waals surface area contributed by atoms with Crippen LogP contribution >= 0.6 is 0 Å². The molecule has 1 nitrogen and oxygen atoms in total. The Morgan fingerprint density at radius 3 is 2.29 bits per heavy atom. The fourth-order valence-electron chi connectivity index (χ4n) is 2.44. The molecule has 0 aliphatic heterocycles. The molecular formula is C20H19N. The van der Waals surface area contributed by atoms with E-state index in [9.17, 15) is 0 Å². The van der Waals surface area contributed by atoms with Crippen LogP contribution < -0.4 is 4.90 Å². The van der Waals surface area contributed by atoms with Gasteiger partial charge in [-0.15, -0.1) is 0 Å². The van der Waals surface area contributed by atoms with Gasteiger partial charge >= 0.3 is 0 Å². The van der Waals surface area contributed by atoms with Gasteiger partial charge in [0.1, 0.15) is 0 Å². The minimum Gasteiger partial charge on any atom is -0.311 e. The van der Waals surface area contributed by atoms with Gasteiger partial charge in [0, 0.05) is 17.1 Å². The zero-order valence-electron chi connectivity index (χ0n) is 12.2. The van der Waals surface area contributed by atoms with Crippen LogP contribution in [0.4, 0.5) is 11.4 Å². The van der Waals surface area contributed by atoms with E-state index in [0.29, 0.717) is 0 Å². The molecule has 0 spiro atoms. The normalized spacial score (nSPS) is 13.7. The number of hydrogen-bond donors (Lipinski definition) is 0. The Morgan fingerprint density at radius 1 is 0.810 bits per heavy atom. The molecule has 104 valence electrons. The van der Waals surface area contributed by atoms with E-state index in [0.717, 1.165) is 6.42 Å². The van der Waals surface area contributed by atoms with Gasteiger partial charge in [0.25, 0.3) is 0 Å². The fourth-order valence-corrected chi connectivity index (χ4v) is 2.44. The number of aryl methyl sites for hydroxylation is 1. The van der Waals surface area contributed by atoms with Gasteiger partial charge in [-0.05, 0) is 49.8 Å². The quantitative estimate of drug-likeness (QED) is 0.710. The van der Waals surface area contributed by atoms with E-state index < -0.39 is 0 Å². The molecule has 1 aliphatic rings. The molecule has 2 aromatic carbocycles. The molecule has 0 saturated heterocycles. The standard InChI is InChI=1S/C20H19N/c1-17-13-15-20(16-14-17)21(19-11-7-4-8-12-19)18-9-5-2-3-6-10-18/h2,4-16H,3H2,1H3. The average molecular weight is 273 g/mol. The van der Waals surface area contributed by atoms with E-state index in [4.69, 9.17) is 0 Å². The second kappa shape index (κ2) is 6.27. The first-order valence-corrected chi connectivity index (χ1v) is 7.30. The molecule has 0 fully saturated rings. The topological polar surface area (TPSA) is 3.24 Å². The first-order valence-electron chi connectivity index (χ1n) is 7.30. The number of para-hydroxylation sites is 1. The van der Waals surface area contributed by atoms with Crippen LogP contribution in [0.25, 0.3) is 0 Å². The van der Waals surface area contributed by atoms with Crippen molar-refractivity contribution in [1.82, 2.24) is 0 Å². The maximum atomic E-state index is 2.28. The SMILES string of the molecule is Cc1ccc(N(C2=CC=CCC=C2)c2ccccc2)cc1.